The zero-order valence-electron chi connectivity index (χ0n) is 9.31. The molecule has 0 aromatic carbocycles. The molecule has 1 aliphatic heterocycles. The minimum absolute atomic E-state index is 0.177. The molecule has 0 saturated carbocycles. The molecular weight excluding hydrogens is 216 g/mol. The molecule has 0 radical (unpaired) electrons. The lowest BCUT2D eigenvalue weighted by atomic mass is 10.0. The van der Waals surface area contributed by atoms with E-state index < -0.39 is 16.3 Å². The van der Waals surface area contributed by atoms with Crippen LogP contribution in [0.25, 0.3) is 0 Å². The van der Waals surface area contributed by atoms with Gasteiger partial charge in [-0.1, -0.05) is 6.92 Å². The molecule has 0 amide bonds. The van der Waals surface area contributed by atoms with E-state index in [1.165, 1.54) is 4.31 Å². The maximum atomic E-state index is 11.8. The van der Waals surface area contributed by atoms with Crippen molar-refractivity contribution in [2.24, 2.45) is 5.92 Å². The van der Waals surface area contributed by atoms with Gasteiger partial charge in [0.25, 0.3) is 10.2 Å². The van der Waals surface area contributed by atoms with Crippen molar-refractivity contribution in [3.8, 4) is 0 Å². The monoisotopic (exact) mass is 236 g/mol. The first-order valence-electron chi connectivity index (χ1n) is 5.34. The van der Waals surface area contributed by atoms with Crippen LogP contribution in [-0.4, -0.2) is 43.6 Å². The van der Waals surface area contributed by atoms with Crippen LogP contribution in [0, 0.1) is 5.92 Å². The minimum atomic E-state index is -3.39. The molecule has 0 bridgehead atoms. The molecule has 0 aromatic rings. The summed E-state index contributed by atoms with van der Waals surface area (Å²) in [7, 11) is -3.39. The predicted octanol–water partition coefficient (Wildman–Crippen LogP) is -0.0665. The molecule has 1 atom stereocenters. The van der Waals surface area contributed by atoms with Crippen molar-refractivity contribution in [2.75, 3.05) is 19.7 Å². The quantitative estimate of drug-likeness (QED) is 0.718. The molecule has 1 fully saturated rings. The molecule has 0 aliphatic carbocycles. The van der Waals surface area contributed by atoms with Crippen molar-refractivity contribution in [3.63, 3.8) is 0 Å². The van der Waals surface area contributed by atoms with Crippen molar-refractivity contribution in [2.45, 2.75) is 32.7 Å². The van der Waals surface area contributed by atoms with E-state index in [4.69, 9.17) is 5.11 Å². The van der Waals surface area contributed by atoms with Crippen molar-refractivity contribution >= 4 is 10.2 Å². The van der Waals surface area contributed by atoms with Gasteiger partial charge in [-0.2, -0.15) is 17.4 Å². The lowest BCUT2D eigenvalue weighted by Crippen LogP contribution is -2.48. The summed E-state index contributed by atoms with van der Waals surface area (Å²) < 4.78 is 27.4. The average molecular weight is 236 g/mol. The number of aliphatic hydroxyl groups excluding tert-OH is 1. The largest absolute Gasteiger partial charge is 0.395 e. The van der Waals surface area contributed by atoms with Gasteiger partial charge >= 0.3 is 0 Å². The third-order valence-electron chi connectivity index (χ3n) is 2.71. The standard InChI is InChI=1S/C9H20N2O3S/c1-8-3-5-11(6-4-8)15(13,14)10-9(2)7-12/h8-10,12H,3-7H2,1-2H3/t9-/m0/s1. The summed E-state index contributed by atoms with van der Waals surface area (Å²) in [6.07, 6.45) is 1.82. The van der Waals surface area contributed by atoms with Crippen LogP contribution in [0.3, 0.4) is 0 Å². The number of piperidine rings is 1. The van der Waals surface area contributed by atoms with Crippen molar-refractivity contribution in [1.82, 2.24) is 9.03 Å². The zero-order valence-corrected chi connectivity index (χ0v) is 10.1. The van der Waals surface area contributed by atoms with E-state index in [9.17, 15) is 8.42 Å². The molecule has 6 heteroatoms. The maximum absolute atomic E-state index is 11.8. The minimum Gasteiger partial charge on any atom is -0.395 e. The van der Waals surface area contributed by atoms with Gasteiger partial charge in [0, 0.05) is 19.1 Å². The van der Waals surface area contributed by atoms with Crippen LogP contribution in [0.1, 0.15) is 26.7 Å². The summed E-state index contributed by atoms with van der Waals surface area (Å²) in [5, 5.41) is 8.79. The van der Waals surface area contributed by atoms with E-state index in [-0.39, 0.29) is 6.61 Å². The number of aliphatic hydroxyl groups is 1. The van der Waals surface area contributed by atoms with Crippen LogP contribution < -0.4 is 4.72 Å². The van der Waals surface area contributed by atoms with Crippen LogP contribution >= 0.6 is 0 Å². The summed E-state index contributed by atoms with van der Waals surface area (Å²) in [6.45, 7) is 4.75. The molecular formula is C9H20N2O3S. The Balaban J connectivity index is 2.54. The first-order chi connectivity index (χ1) is 6.95. The number of nitrogens with zero attached hydrogens (tertiary/aromatic N) is 1. The second-order valence-electron chi connectivity index (χ2n) is 4.29. The van der Waals surface area contributed by atoms with E-state index in [1.54, 1.807) is 6.92 Å². The highest BCUT2D eigenvalue weighted by molar-refractivity contribution is 7.87. The Kier molecular flexibility index (Phi) is 4.51. The summed E-state index contributed by atoms with van der Waals surface area (Å²) in [6, 6.07) is -0.422. The third kappa shape index (κ3) is 3.71. The van der Waals surface area contributed by atoms with Crippen molar-refractivity contribution in [3.05, 3.63) is 0 Å². The highest BCUT2D eigenvalue weighted by Crippen LogP contribution is 2.17. The number of nitrogens with one attached hydrogen (secondary N) is 1. The SMILES string of the molecule is CC1CCN(S(=O)(=O)N[C@@H](C)CO)CC1. The fourth-order valence-electron chi connectivity index (χ4n) is 1.59. The normalized spacial score (nSPS) is 22.9. The summed E-state index contributed by atoms with van der Waals surface area (Å²) in [5.74, 6) is 0.603. The van der Waals surface area contributed by atoms with Gasteiger partial charge in [0.2, 0.25) is 0 Å². The van der Waals surface area contributed by atoms with Crippen molar-refractivity contribution < 1.29 is 13.5 Å². The molecule has 2 N–H and O–H groups in total. The lowest BCUT2D eigenvalue weighted by molar-refractivity contribution is 0.254. The topological polar surface area (TPSA) is 69.6 Å². The first-order valence-corrected chi connectivity index (χ1v) is 6.78. The fourth-order valence-corrected chi connectivity index (χ4v) is 3.01. The Morgan fingerprint density at radius 2 is 2.00 bits per heavy atom. The molecule has 0 spiro atoms. The number of hydrogen-bond donors (Lipinski definition) is 2. The van der Waals surface area contributed by atoms with Gasteiger partial charge in [0.15, 0.2) is 0 Å². The number of hydrogen-bond acceptors (Lipinski definition) is 3. The molecule has 90 valence electrons. The van der Waals surface area contributed by atoms with Gasteiger partial charge in [0.1, 0.15) is 0 Å². The van der Waals surface area contributed by atoms with E-state index in [2.05, 4.69) is 11.6 Å². The highest BCUT2D eigenvalue weighted by Gasteiger charge is 2.27. The molecule has 15 heavy (non-hydrogen) atoms. The van der Waals surface area contributed by atoms with Crippen LogP contribution in [0.4, 0.5) is 0 Å². The Morgan fingerprint density at radius 1 is 1.47 bits per heavy atom. The Hall–Kier alpha value is -0.170. The van der Waals surface area contributed by atoms with E-state index in [0.29, 0.717) is 19.0 Å². The molecule has 0 aromatic heterocycles. The maximum Gasteiger partial charge on any atom is 0.279 e. The van der Waals surface area contributed by atoms with Crippen LogP contribution in [0.15, 0.2) is 0 Å². The fraction of sp³-hybridized carbons (Fsp3) is 1.00. The van der Waals surface area contributed by atoms with E-state index in [1.807, 2.05) is 0 Å². The Bertz CT molecular complexity index is 284. The molecule has 1 heterocycles. The second kappa shape index (κ2) is 5.25. The smallest absolute Gasteiger partial charge is 0.279 e. The van der Waals surface area contributed by atoms with Crippen LogP contribution in [-0.2, 0) is 10.2 Å². The summed E-state index contributed by atoms with van der Waals surface area (Å²) in [4.78, 5) is 0. The van der Waals surface area contributed by atoms with Gasteiger partial charge in [-0.05, 0) is 25.7 Å². The molecule has 5 nitrogen and oxygen atoms in total. The first kappa shape index (κ1) is 12.9. The molecule has 1 saturated heterocycles. The number of rotatable bonds is 4. The summed E-state index contributed by atoms with van der Waals surface area (Å²) in [5.41, 5.74) is 0. The van der Waals surface area contributed by atoms with Crippen LogP contribution in [0.2, 0.25) is 0 Å². The zero-order chi connectivity index (χ0) is 11.5. The Labute approximate surface area is 91.7 Å². The third-order valence-corrected chi connectivity index (χ3v) is 4.45. The lowest BCUT2D eigenvalue weighted by Gasteiger charge is -2.30. The van der Waals surface area contributed by atoms with Gasteiger partial charge in [0.05, 0.1) is 6.61 Å². The second-order valence-corrected chi connectivity index (χ2v) is 5.99. The average Bonchev–Trinajstić information content (AvgIpc) is 2.17. The Morgan fingerprint density at radius 3 is 2.47 bits per heavy atom. The van der Waals surface area contributed by atoms with Gasteiger partial charge in [-0.15, -0.1) is 0 Å². The predicted molar refractivity (Wildman–Crippen MR) is 58.6 cm³/mol. The van der Waals surface area contributed by atoms with E-state index in [0.717, 1.165) is 12.8 Å². The van der Waals surface area contributed by atoms with Crippen molar-refractivity contribution in [1.29, 1.82) is 0 Å². The van der Waals surface area contributed by atoms with Gasteiger partial charge in [-0.25, -0.2) is 0 Å². The van der Waals surface area contributed by atoms with Crippen LogP contribution in [0.5, 0.6) is 0 Å². The molecule has 1 aliphatic rings. The highest BCUT2D eigenvalue weighted by atomic mass is 32.2. The summed E-state index contributed by atoms with van der Waals surface area (Å²) >= 11 is 0. The van der Waals surface area contributed by atoms with Gasteiger partial charge < -0.3 is 5.11 Å². The molecule has 0 unspecified atom stereocenters. The van der Waals surface area contributed by atoms with E-state index >= 15 is 0 Å². The molecule has 1 rings (SSSR count). The van der Waals surface area contributed by atoms with Gasteiger partial charge in [-0.3, -0.25) is 0 Å².